The minimum absolute atomic E-state index is 0.00102. The van der Waals surface area contributed by atoms with E-state index in [0.29, 0.717) is 5.92 Å². The van der Waals surface area contributed by atoms with Crippen molar-refractivity contribution in [3.05, 3.63) is 0 Å². The molecule has 1 saturated heterocycles. The molecule has 0 spiro atoms. The van der Waals surface area contributed by atoms with Crippen LogP contribution in [0.2, 0.25) is 0 Å². The fourth-order valence-electron chi connectivity index (χ4n) is 2.68. The van der Waals surface area contributed by atoms with Crippen LogP contribution >= 0.6 is 0 Å². The first kappa shape index (κ1) is 14.9. The van der Waals surface area contributed by atoms with Gasteiger partial charge in [-0.2, -0.15) is 0 Å². The van der Waals surface area contributed by atoms with E-state index < -0.39 is 0 Å². The highest BCUT2D eigenvalue weighted by atomic mass is 16.5. The fraction of sp³-hybridized carbons (Fsp3) is 1.00. The molecule has 0 aromatic heterocycles. The van der Waals surface area contributed by atoms with Crippen molar-refractivity contribution in [2.45, 2.75) is 58.4 Å². The van der Waals surface area contributed by atoms with Crippen molar-refractivity contribution in [2.75, 3.05) is 19.7 Å². The molecule has 3 unspecified atom stereocenters. The summed E-state index contributed by atoms with van der Waals surface area (Å²) in [5, 5.41) is 9.59. The van der Waals surface area contributed by atoms with Crippen LogP contribution in [0.5, 0.6) is 0 Å². The van der Waals surface area contributed by atoms with E-state index in [1.165, 1.54) is 0 Å². The Balaban J connectivity index is 2.74. The van der Waals surface area contributed by atoms with Gasteiger partial charge in [-0.15, -0.1) is 0 Å². The number of rotatable bonds is 4. The zero-order valence-electron chi connectivity index (χ0n) is 11.8. The van der Waals surface area contributed by atoms with E-state index >= 15 is 0 Å². The minimum atomic E-state index is -0.165. The van der Waals surface area contributed by atoms with E-state index in [1.807, 2.05) is 0 Å². The van der Waals surface area contributed by atoms with Crippen molar-refractivity contribution in [2.24, 2.45) is 11.7 Å². The quantitative estimate of drug-likeness (QED) is 0.769. The van der Waals surface area contributed by atoms with E-state index in [-0.39, 0.29) is 30.4 Å². The number of hydrogen-bond donors (Lipinski definition) is 2. The predicted molar refractivity (Wildman–Crippen MR) is 69.9 cm³/mol. The topological polar surface area (TPSA) is 58.7 Å². The maximum absolute atomic E-state index is 9.59. The molecule has 3 atom stereocenters. The predicted octanol–water partition coefficient (Wildman–Crippen LogP) is 0.830. The zero-order chi connectivity index (χ0) is 13.2. The summed E-state index contributed by atoms with van der Waals surface area (Å²) < 4.78 is 5.87. The third kappa shape index (κ3) is 3.91. The lowest BCUT2D eigenvalue weighted by atomic mass is 9.94. The number of hydrogen-bond acceptors (Lipinski definition) is 4. The van der Waals surface area contributed by atoms with Crippen LogP contribution in [0.4, 0.5) is 0 Å². The summed E-state index contributed by atoms with van der Waals surface area (Å²) in [7, 11) is 0. The smallest absolute Gasteiger partial charge is 0.0757 e. The van der Waals surface area contributed by atoms with Crippen molar-refractivity contribution in [3.63, 3.8) is 0 Å². The number of nitrogens with zero attached hydrogens (tertiary/aromatic N) is 1. The van der Waals surface area contributed by atoms with Crippen LogP contribution < -0.4 is 5.73 Å². The second-order valence-electron chi connectivity index (χ2n) is 6.19. The molecule has 3 N–H and O–H groups in total. The van der Waals surface area contributed by atoms with E-state index in [1.54, 1.807) is 0 Å². The first-order chi connectivity index (χ1) is 7.76. The van der Waals surface area contributed by atoms with Crippen LogP contribution in [0.25, 0.3) is 0 Å². The Labute approximate surface area is 105 Å². The molecule has 0 bridgehead atoms. The SMILES string of the molecule is CC1CN(C(CO)C(N)C(C)C)CC(C)(C)O1. The summed E-state index contributed by atoms with van der Waals surface area (Å²) in [4.78, 5) is 2.28. The lowest BCUT2D eigenvalue weighted by Crippen LogP contribution is -2.61. The maximum atomic E-state index is 9.59. The Morgan fingerprint density at radius 1 is 1.47 bits per heavy atom. The first-order valence-electron chi connectivity index (χ1n) is 6.55. The minimum Gasteiger partial charge on any atom is -0.395 e. The number of morpholine rings is 1. The Kier molecular flexibility index (Phi) is 4.95. The van der Waals surface area contributed by atoms with E-state index in [9.17, 15) is 5.11 Å². The summed E-state index contributed by atoms with van der Waals surface area (Å²) in [6.45, 7) is 12.2. The second kappa shape index (κ2) is 5.65. The van der Waals surface area contributed by atoms with Crippen molar-refractivity contribution < 1.29 is 9.84 Å². The second-order valence-corrected chi connectivity index (χ2v) is 6.19. The van der Waals surface area contributed by atoms with Crippen molar-refractivity contribution in [1.82, 2.24) is 4.90 Å². The molecule has 1 rings (SSSR count). The molecule has 1 heterocycles. The molecule has 1 aliphatic heterocycles. The molecular formula is C13H28N2O2. The van der Waals surface area contributed by atoms with Crippen molar-refractivity contribution in [3.8, 4) is 0 Å². The summed E-state index contributed by atoms with van der Waals surface area (Å²) in [5.41, 5.74) is 6.03. The number of ether oxygens (including phenoxy) is 1. The van der Waals surface area contributed by atoms with Crippen molar-refractivity contribution in [1.29, 1.82) is 0 Å². The Hall–Kier alpha value is -0.160. The van der Waals surface area contributed by atoms with Crippen LogP contribution in [-0.2, 0) is 4.74 Å². The average molecular weight is 244 g/mol. The highest BCUT2D eigenvalue weighted by molar-refractivity contribution is 4.91. The lowest BCUT2D eigenvalue weighted by Gasteiger charge is -2.46. The maximum Gasteiger partial charge on any atom is 0.0757 e. The van der Waals surface area contributed by atoms with Crippen LogP contribution in [0.15, 0.2) is 0 Å². The Morgan fingerprint density at radius 2 is 2.06 bits per heavy atom. The van der Waals surface area contributed by atoms with Gasteiger partial charge in [0.15, 0.2) is 0 Å². The standard InChI is InChI=1S/C13H28N2O2/c1-9(2)12(14)11(7-16)15-6-10(3)17-13(4,5)8-15/h9-12,16H,6-8,14H2,1-5H3. The average Bonchev–Trinajstić information content (AvgIpc) is 2.15. The van der Waals surface area contributed by atoms with Crippen LogP contribution in [0.3, 0.4) is 0 Å². The highest BCUT2D eigenvalue weighted by Crippen LogP contribution is 2.24. The summed E-state index contributed by atoms with van der Waals surface area (Å²) in [5.74, 6) is 0.369. The van der Waals surface area contributed by atoms with Gasteiger partial charge in [0, 0.05) is 25.2 Å². The van der Waals surface area contributed by atoms with Crippen LogP contribution in [0.1, 0.15) is 34.6 Å². The summed E-state index contributed by atoms with van der Waals surface area (Å²) >= 11 is 0. The van der Waals surface area contributed by atoms with Gasteiger partial charge in [0.2, 0.25) is 0 Å². The van der Waals surface area contributed by atoms with Crippen molar-refractivity contribution >= 4 is 0 Å². The third-order valence-electron chi connectivity index (χ3n) is 3.47. The van der Waals surface area contributed by atoms with Gasteiger partial charge in [0.05, 0.1) is 18.3 Å². The molecule has 0 radical (unpaired) electrons. The third-order valence-corrected chi connectivity index (χ3v) is 3.47. The van der Waals surface area contributed by atoms with Gasteiger partial charge < -0.3 is 15.6 Å². The highest BCUT2D eigenvalue weighted by Gasteiger charge is 2.36. The lowest BCUT2D eigenvalue weighted by molar-refractivity contribution is -0.144. The molecule has 102 valence electrons. The molecule has 4 nitrogen and oxygen atoms in total. The zero-order valence-corrected chi connectivity index (χ0v) is 11.8. The monoisotopic (exact) mass is 244 g/mol. The first-order valence-corrected chi connectivity index (χ1v) is 6.55. The number of nitrogens with two attached hydrogens (primary N) is 1. The Morgan fingerprint density at radius 3 is 2.47 bits per heavy atom. The van der Waals surface area contributed by atoms with Gasteiger partial charge in [-0.3, -0.25) is 4.90 Å². The summed E-state index contributed by atoms with van der Waals surface area (Å²) in [6.07, 6.45) is 0.187. The van der Waals surface area contributed by atoms with Gasteiger partial charge in [-0.25, -0.2) is 0 Å². The van der Waals surface area contributed by atoms with Gasteiger partial charge in [-0.05, 0) is 26.7 Å². The largest absolute Gasteiger partial charge is 0.395 e. The van der Waals surface area contributed by atoms with Gasteiger partial charge in [-0.1, -0.05) is 13.8 Å². The molecule has 1 aliphatic rings. The molecule has 4 heteroatoms. The van der Waals surface area contributed by atoms with E-state index in [0.717, 1.165) is 13.1 Å². The molecule has 0 aromatic rings. The number of aliphatic hydroxyl groups excluding tert-OH is 1. The van der Waals surface area contributed by atoms with E-state index in [4.69, 9.17) is 10.5 Å². The normalized spacial score (nSPS) is 29.3. The molecule has 0 amide bonds. The van der Waals surface area contributed by atoms with Crippen LogP contribution in [0, 0.1) is 5.92 Å². The molecule has 17 heavy (non-hydrogen) atoms. The molecular weight excluding hydrogens is 216 g/mol. The molecule has 0 aliphatic carbocycles. The molecule has 1 fully saturated rings. The molecule has 0 aromatic carbocycles. The Bertz CT molecular complexity index is 244. The van der Waals surface area contributed by atoms with Crippen LogP contribution in [-0.4, -0.2) is 53.5 Å². The van der Waals surface area contributed by atoms with Gasteiger partial charge >= 0.3 is 0 Å². The van der Waals surface area contributed by atoms with Gasteiger partial charge in [0.25, 0.3) is 0 Å². The molecule has 0 saturated carbocycles. The fourth-order valence-corrected chi connectivity index (χ4v) is 2.68. The van der Waals surface area contributed by atoms with E-state index in [2.05, 4.69) is 39.5 Å². The summed E-state index contributed by atoms with van der Waals surface area (Å²) in [6, 6.07) is 0.0294. The van der Waals surface area contributed by atoms with Gasteiger partial charge in [0.1, 0.15) is 0 Å². The number of aliphatic hydroxyl groups is 1.